The molecule has 0 saturated carbocycles. The molecule has 5 nitrogen and oxygen atoms in total. The number of nitrogens with one attached hydrogen (secondary N) is 1. The molecule has 4 rings (SSSR count). The Labute approximate surface area is 165 Å². The fourth-order valence-corrected chi connectivity index (χ4v) is 4.31. The van der Waals surface area contributed by atoms with E-state index in [4.69, 9.17) is 0 Å². The summed E-state index contributed by atoms with van der Waals surface area (Å²) in [6.07, 6.45) is 1.73. The van der Waals surface area contributed by atoms with Crippen LogP contribution in [-0.4, -0.2) is 47.0 Å². The second-order valence-electron chi connectivity index (χ2n) is 7.87. The van der Waals surface area contributed by atoms with Crippen LogP contribution in [0.5, 0.6) is 0 Å². The van der Waals surface area contributed by atoms with E-state index in [9.17, 15) is 4.79 Å². The highest BCUT2D eigenvalue weighted by Gasteiger charge is 2.19. The number of fused-ring (bicyclic) bond motifs is 4. The zero-order valence-corrected chi connectivity index (χ0v) is 17.1. The van der Waals surface area contributed by atoms with Crippen molar-refractivity contribution in [3.63, 3.8) is 0 Å². The summed E-state index contributed by atoms with van der Waals surface area (Å²) in [6, 6.07) is 12.6. The SMILES string of the molecule is Cc1c2ccnc(C(=O)N[C@H](C)CN(C)C)c2cc2c3ccccc3n(C)c12. The lowest BCUT2D eigenvalue weighted by Crippen LogP contribution is -2.39. The summed E-state index contributed by atoms with van der Waals surface area (Å²) in [5, 5.41) is 7.41. The van der Waals surface area contributed by atoms with Crippen LogP contribution < -0.4 is 5.32 Å². The van der Waals surface area contributed by atoms with Gasteiger partial charge in [-0.1, -0.05) is 18.2 Å². The molecule has 0 spiro atoms. The van der Waals surface area contributed by atoms with Crippen molar-refractivity contribution < 1.29 is 4.79 Å². The third-order valence-electron chi connectivity index (χ3n) is 5.42. The summed E-state index contributed by atoms with van der Waals surface area (Å²) >= 11 is 0. The van der Waals surface area contributed by atoms with E-state index >= 15 is 0 Å². The monoisotopic (exact) mass is 374 g/mol. The van der Waals surface area contributed by atoms with Gasteiger partial charge in [0.2, 0.25) is 0 Å². The molecule has 144 valence electrons. The maximum absolute atomic E-state index is 13.0. The van der Waals surface area contributed by atoms with Crippen LogP contribution in [0.1, 0.15) is 23.0 Å². The summed E-state index contributed by atoms with van der Waals surface area (Å²) in [6.45, 7) is 4.92. The molecule has 0 fully saturated rings. The van der Waals surface area contributed by atoms with Crippen molar-refractivity contribution in [2.75, 3.05) is 20.6 Å². The minimum absolute atomic E-state index is 0.0435. The van der Waals surface area contributed by atoms with E-state index in [0.717, 1.165) is 22.7 Å². The summed E-state index contributed by atoms with van der Waals surface area (Å²) in [5.74, 6) is -0.126. The van der Waals surface area contributed by atoms with Crippen LogP contribution in [0.3, 0.4) is 0 Å². The Morgan fingerprint density at radius 3 is 2.64 bits per heavy atom. The van der Waals surface area contributed by atoms with Crippen molar-refractivity contribution in [1.82, 2.24) is 19.8 Å². The lowest BCUT2D eigenvalue weighted by molar-refractivity contribution is 0.0931. The normalized spacial score (nSPS) is 12.9. The average molecular weight is 374 g/mol. The van der Waals surface area contributed by atoms with Gasteiger partial charge in [-0.05, 0) is 57.1 Å². The number of para-hydroxylation sites is 1. The van der Waals surface area contributed by atoms with E-state index in [1.165, 1.54) is 22.0 Å². The fourth-order valence-electron chi connectivity index (χ4n) is 4.31. The van der Waals surface area contributed by atoms with E-state index in [-0.39, 0.29) is 11.9 Å². The molecule has 0 aliphatic heterocycles. The number of aromatic nitrogens is 2. The van der Waals surface area contributed by atoms with Crippen LogP contribution in [0.25, 0.3) is 32.6 Å². The molecule has 28 heavy (non-hydrogen) atoms. The Kier molecular flexibility index (Phi) is 4.55. The summed E-state index contributed by atoms with van der Waals surface area (Å²) in [4.78, 5) is 19.5. The lowest BCUT2D eigenvalue weighted by atomic mass is 10.00. The van der Waals surface area contributed by atoms with E-state index in [2.05, 4.69) is 64.1 Å². The smallest absolute Gasteiger partial charge is 0.270 e. The van der Waals surface area contributed by atoms with Gasteiger partial charge in [-0.2, -0.15) is 0 Å². The van der Waals surface area contributed by atoms with Crippen molar-refractivity contribution in [3.8, 4) is 0 Å². The van der Waals surface area contributed by atoms with Crippen molar-refractivity contribution >= 4 is 38.5 Å². The van der Waals surface area contributed by atoms with Crippen molar-refractivity contribution in [3.05, 3.63) is 53.9 Å². The molecular weight excluding hydrogens is 348 g/mol. The Balaban J connectivity index is 1.92. The largest absolute Gasteiger partial charge is 0.347 e. The highest BCUT2D eigenvalue weighted by molar-refractivity contribution is 6.17. The van der Waals surface area contributed by atoms with Crippen LogP contribution in [0.4, 0.5) is 0 Å². The number of aryl methyl sites for hydroxylation is 2. The first-order valence-corrected chi connectivity index (χ1v) is 9.59. The third kappa shape index (κ3) is 2.92. The van der Waals surface area contributed by atoms with Gasteiger partial charge in [-0.25, -0.2) is 0 Å². The molecule has 5 heteroatoms. The number of hydrogen-bond acceptors (Lipinski definition) is 3. The van der Waals surface area contributed by atoms with Crippen molar-refractivity contribution in [2.45, 2.75) is 19.9 Å². The maximum atomic E-state index is 13.0. The lowest BCUT2D eigenvalue weighted by Gasteiger charge is -2.18. The van der Waals surface area contributed by atoms with Gasteiger partial charge in [0, 0.05) is 47.5 Å². The third-order valence-corrected chi connectivity index (χ3v) is 5.42. The Hall–Kier alpha value is -2.92. The first kappa shape index (κ1) is 18.4. The van der Waals surface area contributed by atoms with Crippen molar-refractivity contribution in [1.29, 1.82) is 0 Å². The molecule has 1 atom stereocenters. The van der Waals surface area contributed by atoms with Gasteiger partial charge < -0.3 is 14.8 Å². The summed E-state index contributed by atoms with van der Waals surface area (Å²) in [7, 11) is 6.10. The summed E-state index contributed by atoms with van der Waals surface area (Å²) < 4.78 is 2.23. The van der Waals surface area contributed by atoms with Gasteiger partial charge in [0.15, 0.2) is 0 Å². The second kappa shape index (κ2) is 6.91. The predicted molar refractivity (Wildman–Crippen MR) is 116 cm³/mol. The predicted octanol–water partition coefficient (Wildman–Crippen LogP) is 3.87. The zero-order valence-electron chi connectivity index (χ0n) is 17.1. The number of hydrogen-bond donors (Lipinski definition) is 1. The van der Waals surface area contributed by atoms with E-state index in [1.54, 1.807) is 6.20 Å². The highest BCUT2D eigenvalue weighted by Crippen LogP contribution is 2.35. The molecule has 2 aromatic carbocycles. The van der Waals surface area contributed by atoms with Gasteiger partial charge in [0.1, 0.15) is 5.69 Å². The molecule has 0 bridgehead atoms. The number of benzene rings is 2. The number of carbonyl (C=O) groups excluding carboxylic acids is 1. The zero-order chi connectivity index (χ0) is 20.0. The molecule has 4 aromatic rings. The van der Waals surface area contributed by atoms with E-state index in [1.807, 2.05) is 27.1 Å². The number of pyridine rings is 1. The van der Waals surface area contributed by atoms with Gasteiger partial charge in [0.25, 0.3) is 5.91 Å². The van der Waals surface area contributed by atoms with Crippen LogP contribution in [-0.2, 0) is 7.05 Å². The minimum atomic E-state index is -0.126. The topological polar surface area (TPSA) is 50.2 Å². The Bertz CT molecular complexity index is 1210. The Morgan fingerprint density at radius 1 is 1.14 bits per heavy atom. The molecular formula is C23H26N4O. The molecule has 0 aliphatic carbocycles. The fraction of sp³-hybridized carbons (Fsp3) is 0.304. The minimum Gasteiger partial charge on any atom is -0.347 e. The molecule has 0 unspecified atom stereocenters. The number of carbonyl (C=O) groups is 1. The maximum Gasteiger partial charge on any atom is 0.270 e. The molecule has 1 N–H and O–H groups in total. The number of rotatable bonds is 4. The van der Waals surface area contributed by atoms with Gasteiger partial charge >= 0.3 is 0 Å². The van der Waals surface area contributed by atoms with Gasteiger partial charge in [-0.15, -0.1) is 0 Å². The van der Waals surface area contributed by atoms with E-state index < -0.39 is 0 Å². The highest BCUT2D eigenvalue weighted by atomic mass is 16.1. The van der Waals surface area contributed by atoms with Crippen LogP contribution in [0.15, 0.2) is 42.6 Å². The first-order valence-electron chi connectivity index (χ1n) is 9.59. The molecule has 0 aliphatic rings. The second-order valence-corrected chi connectivity index (χ2v) is 7.87. The van der Waals surface area contributed by atoms with E-state index in [0.29, 0.717) is 5.69 Å². The van der Waals surface area contributed by atoms with Crippen LogP contribution in [0, 0.1) is 6.92 Å². The molecule has 2 aromatic heterocycles. The van der Waals surface area contributed by atoms with Crippen LogP contribution >= 0.6 is 0 Å². The van der Waals surface area contributed by atoms with Gasteiger partial charge in [0.05, 0.1) is 5.52 Å². The van der Waals surface area contributed by atoms with Gasteiger partial charge in [-0.3, -0.25) is 9.78 Å². The average Bonchev–Trinajstić information content (AvgIpc) is 2.94. The molecule has 2 heterocycles. The number of nitrogens with zero attached hydrogens (tertiary/aromatic N) is 3. The number of amides is 1. The first-order chi connectivity index (χ1) is 13.4. The molecule has 0 saturated heterocycles. The standard InChI is InChI=1S/C23H26N4O/c1-14(13-26(3)4)25-23(28)21-18-12-19-17-8-6-7-9-20(17)27(5)22(19)15(2)16(18)10-11-24-21/h6-12,14H,13H2,1-5H3,(H,25,28)/t14-/m1/s1. The Morgan fingerprint density at radius 2 is 1.89 bits per heavy atom. The summed E-state index contributed by atoms with van der Waals surface area (Å²) in [5.41, 5.74) is 4.05. The van der Waals surface area contributed by atoms with Crippen molar-refractivity contribution in [2.24, 2.45) is 7.05 Å². The molecule has 1 amide bonds. The molecule has 0 radical (unpaired) electrons. The number of likely N-dealkylation sites (N-methyl/N-ethyl adjacent to an activating group) is 1. The van der Waals surface area contributed by atoms with Crippen LogP contribution in [0.2, 0.25) is 0 Å². The quantitative estimate of drug-likeness (QED) is 0.590.